The van der Waals surface area contributed by atoms with Crippen LogP contribution in [0.4, 0.5) is 4.79 Å². The van der Waals surface area contributed by atoms with Crippen LogP contribution in [0.15, 0.2) is 18.2 Å². The van der Waals surface area contributed by atoms with E-state index in [0.29, 0.717) is 17.7 Å². The number of esters is 1. The minimum Gasteiger partial charge on any atom is -0.535 e. The molecule has 28 heavy (non-hydrogen) atoms. The Balaban J connectivity index is 2.00. The van der Waals surface area contributed by atoms with Gasteiger partial charge >= 0.3 is 19.2 Å². The molecular formula is C18H23BO8S. The number of rotatable bonds is 8. The molecule has 1 atom stereocenters. The molecule has 1 aromatic carbocycles. The molecule has 8 nitrogen and oxygen atoms in total. The second-order valence-electron chi connectivity index (χ2n) is 6.55. The summed E-state index contributed by atoms with van der Waals surface area (Å²) in [6.45, 7) is 2.71. The van der Waals surface area contributed by atoms with E-state index in [2.05, 4.69) is 4.74 Å². The molecule has 0 fully saturated rings. The van der Waals surface area contributed by atoms with Gasteiger partial charge in [0.15, 0.2) is 0 Å². The monoisotopic (exact) mass is 410 g/mol. The maximum absolute atomic E-state index is 12.3. The summed E-state index contributed by atoms with van der Waals surface area (Å²) >= 11 is 1.43. The number of carbonyl (C=O) groups excluding carboxylic acids is 3. The van der Waals surface area contributed by atoms with E-state index in [0.717, 1.165) is 0 Å². The van der Waals surface area contributed by atoms with E-state index in [1.54, 1.807) is 26.0 Å². The number of ketones is 1. The van der Waals surface area contributed by atoms with E-state index < -0.39 is 26.0 Å². The lowest BCUT2D eigenvalue weighted by Gasteiger charge is -2.28. The van der Waals surface area contributed by atoms with Crippen molar-refractivity contribution in [2.45, 2.75) is 38.6 Å². The predicted octanol–water partition coefficient (Wildman–Crippen LogP) is 2.47. The van der Waals surface area contributed by atoms with Crippen molar-refractivity contribution in [1.29, 1.82) is 0 Å². The highest BCUT2D eigenvalue weighted by Gasteiger charge is 2.37. The summed E-state index contributed by atoms with van der Waals surface area (Å²) in [5.74, 6) is -0.532. The maximum Gasteiger partial charge on any atom is 0.526 e. The molecule has 0 saturated carbocycles. The van der Waals surface area contributed by atoms with Crippen LogP contribution in [0.2, 0.25) is 5.82 Å². The van der Waals surface area contributed by atoms with Gasteiger partial charge in [0, 0.05) is 12.2 Å². The molecule has 1 heterocycles. The molecule has 1 aromatic rings. The number of benzene rings is 1. The third-order valence-corrected chi connectivity index (χ3v) is 4.55. The van der Waals surface area contributed by atoms with Crippen LogP contribution in [0.5, 0.6) is 5.75 Å². The normalized spacial score (nSPS) is 15.5. The standard InChI is InChI=1S/C18H23BO8S/c1-11(2)26-18(22)25-10-24-17(21)15-6-4-5-12-7-13(8-14(20)9-28-3)19(23)27-16(12)15/h4-6,11,13,23H,7-10H2,1-3H3/t13-/m1/s1. The molecule has 2 rings (SSSR count). The van der Waals surface area contributed by atoms with Gasteiger partial charge in [-0.2, -0.15) is 11.8 Å². The number of thioether (sulfide) groups is 1. The topological polar surface area (TPSA) is 108 Å². The molecule has 152 valence electrons. The molecular weight excluding hydrogens is 387 g/mol. The molecule has 1 N–H and O–H groups in total. The fourth-order valence-electron chi connectivity index (χ4n) is 2.77. The molecule has 0 bridgehead atoms. The van der Waals surface area contributed by atoms with Crippen molar-refractivity contribution in [2.75, 3.05) is 18.8 Å². The smallest absolute Gasteiger partial charge is 0.526 e. The van der Waals surface area contributed by atoms with Gasteiger partial charge in [-0.05, 0) is 38.2 Å². The van der Waals surface area contributed by atoms with Crippen LogP contribution in [0, 0.1) is 0 Å². The van der Waals surface area contributed by atoms with E-state index in [-0.39, 0.29) is 35.4 Å². The van der Waals surface area contributed by atoms with Gasteiger partial charge < -0.3 is 23.9 Å². The fourth-order valence-corrected chi connectivity index (χ4v) is 3.21. The Kier molecular flexibility index (Phi) is 8.19. The summed E-state index contributed by atoms with van der Waals surface area (Å²) in [6.07, 6.45) is 1.14. The van der Waals surface area contributed by atoms with Crippen LogP contribution in [-0.2, 0) is 25.4 Å². The maximum atomic E-state index is 12.3. The highest BCUT2D eigenvalue weighted by atomic mass is 32.2. The molecule has 1 aliphatic heterocycles. The minimum absolute atomic E-state index is 0.0320. The van der Waals surface area contributed by atoms with E-state index in [1.807, 2.05) is 6.26 Å². The number of Topliss-reactive ketones (excluding diaryl/α,β-unsaturated/α-hetero) is 1. The van der Waals surface area contributed by atoms with Crippen LogP contribution in [0.3, 0.4) is 0 Å². The van der Waals surface area contributed by atoms with Crippen molar-refractivity contribution in [3.05, 3.63) is 29.3 Å². The molecule has 0 radical (unpaired) electrons. The molecule has 1 aliphatic rings. The Labute approximate surface area is 168 Å². The van der Waals surface area contributed by atoms with E-state index in [1.165, 1.54) is 17.8 Å². The first kappa shape index (κ1) is 22.1. The predicted molar refractivity (Wildman–Crippen MR) is 103 cm³/mol. The summed E-state index contributed by atoms with van der Waals surface area (Å²) < 4.78 is 19.9. The molecule has 0 aliphatic carbocycles. The Hall–Kier alpha value is -2.20. The second-order valence-corrected chi connectivity index (χ2v) is 7.42. The SMILES string of the molecule is CSCC(=O)C[C@H]1Cc2cccc(C(=O)OCOC(=O)OC(C)C)c2OB1O. The molecule has 0 saturated heterocycles. The Morgan fingerprint density at radius 1 is 1.32 bits per heavy atom. The molecule has 0 aromatic heterocycles. The zero-order valence-corrected chi connectivity index (χ0v) is 16.8. The Morgan fingerprint density at radius 2 is 2.07 bits per heavy atom. The number of ether oxygens (including phenoxy) is 3. The summed E-state index contributed by atoms with van der Waals surface area (Å²) in [5.41, 5.74) is 0.799. The lowest BCUT2D eigenvalue weighted by atomic mass is 9.64. The van der Waals surface area contributed by atoms with Crippen LogP contribution < -0.4 is 4.65 Å². The van der Waals surface area contributed by atoms with Gasteiger partial charge in [0.05, 0.1) is 11.9 Å². The highest BCUT2D eigenvalue weighted by molar-refractivity contribution is 7.99. The average molecular weight is 410 g/mol. The third-order valence-electron chi connectivity index (χ3n) is 3.93. The van der Waals surface area contributed by atoms with Crippen molar-refractivity contribution in [1.82, 2.24) is 0 Å². The Morgan fingerprint density at radius 3 is 2.75 bits per heavy atom. The number of hydrogen-bond acceptors (Lipinski definition) is 9. The quantitative estimate of drug-likeness (QED) is 0.393. The van der Waals surface area contributed by atoms with Crippen LogP contribution in [-0.4, -0.2) is 55.0 Å². The lowest BCUT2D eigenvalue weighted by molar-refractivity contribution is -0.116. The van der Waals surface area contributed by atoms with Crippen LogP contribution in [0.1, 0.15) is 36.2 Å². The summed E-state index contributed by atoms with van der Waals surface area (Å²) in [5, 5.41) is 10.3. The van der Waals surface area contributed by atoms with Gasteiger partial charge in [-0.25, -0.2) is 9.59 Å². The first-order chi connectivity index (χ1) is 13.3. The number of carbonyl (C=O) groups is 3. The highest BCUT2D eigenvalue weighted by Crippen LogP contribution is 2.36. The van der Waals surface area contributed by atoms with Gasteiger partial charge in [-0.3, -0.25) is 4.79 Å². The Bertz CT molecular complexity index is 724. The minimum atomic E-state index is -1.20. The average Bonchev–Trinajstić information content (AvgIpc) is 2.61. The van der Waals surface area contributed by atoms with Crippen molar-refractivity contribution in [3.8, 4) is 5.75 Å². The number of para-hydroxylation sites is 1. The van der Waals surface area contributed by atoms with Gasteiger partial charge in [-0.15, -0.1) is 0 Å². The van der Waals surface area contributed by atoms with Crippen molar-refractivity contribution in [2.24, 2.45) is 0 Å². The van der Waals surface area contributed by atoms with Crippen molar-refractivity contribution >= 4 is 36.8 Å². The molecule has 0 amide bonds. The third kappa shape index (κ3) is 6.17. The summed E-state index contributed by atoms with van der Waals surface area (Å²) in [4.78, 5) is 35.5. The molecule has 0 unspecified atom stereocenters. The zero-order chi connectivity index (χ0) is 20.7. The summed E-state index contributed by atoms with van der Waals surface area (Å²) in [7, 11) is -1.20. The van der Waals surface area contributed by atoms with Crippen molar-refractivity contribution in [3.63, 3.8) is 0 Å². The first-order valence-electron chi connectivity index (χ1n) is 8.79. The zero-order valence-electron chi connectivity index (χ0n) is 16.0. The van der Waals surface area contributed by atoms with Gasteiger partial charge in [0.2, 0.25) is 6.79 Å². The van der Waals surface area contributed by atoms with Gasteiger partial charge in [0.1, 0.15) is 17.1 Å². The van der Waals surface area contributed by atoms with Crippen LogP contribution in [0.25, 0.3) is 0 Å². The van der Waals surface area contributed by atoms with E-state index in [4.69, 9.17) is 14.1 Å². The van der Waals surface area contributed by atoms with E-state index >= 15 is 0 Å². The van der Waals surface area contributed by atoms with Gasteiger partial charge in [0.25, 0.3) is 0 Å². The lowest BCUT2D eigenvalue weighted by Crippen LogP contribution is -2.36. The first-order valence-corrected chi connectivity index (χ1v) is 10.2. The largest absolute Gasteiger partial charge is 0.535 e. The number of hydrogen-bond donors (Lipinski definition) is 1. The second kappa shape index (κ2) is 10.4. The van der Waals surface area contributed by atoms with Crippen molar-refractivity contribution < 1.29 is 38.3 Å². The van der Waals surface area contributed by atoms with E-state index in [9.17, 15) is 19.4 Å². The number of fused-ring (bicyclic) bond motifs is 1. The van der Waals surface area contributed by atoms with Gasteiger partial charge in [-0.1, -0.05) is 12.1 Å². The summed E-state index contributed by atoms with van der Waals surface area (Å²) in [6, 6.07) is 4.91. The van der Waals surface area contributed by atoms with Crippen LogP contribution >= 0.6 is 11.8 Å². The molecule has 10 heteroatoms. The molecule has 0 spiro atoms. The fraction of sp³-hybridized carbons (Fsp3) is 0.500.